The van der Waals surface area contributed by atoms with E-state index in [0.717, 1.165) is 17.0 Å². The predicted octanol–water partition coefficient (Wildman–Crippen LogP) is 2.92. The molecule has 1 saturated heterocycles. The summed E-state index contributed by atoms with van der Waals surface area (Å²) in [6.45, 7) is 4.98. The van der Waals surface area contributed by atoms with Gasteiger partial charge >= 0.3 is 0 Å². The molecule has 7 heteroatoms. The topological polar surface area (TPSA) is 84.0 Å². The number of carbonyl (C=O) groups is 1. The average Bonchev–Trinajstić information content (AvgIpc) is 3.33. The molecule has 0 saturated carbocycles. The van der Waals surface area contributed by atoms with Crippen molar-refractivity contribution >= 4 is 5.91 Å². The number of likely N-dealkylation sites (tertiary alicyclic amines) is 1. The van der Waals surface area contributed by atoms with Gasteiger partial charge in [-0.15, -0.1) is 0 Å². The second-order valence-corrected chi connectivity index (χ2v) is 7.54. The van der Waals surface area contributed by atoms with E-state index in [1.807, 2.05) is 30.0 Å². The summed E-state index contributed by atoms with van der Waals surface area (Å²) < 4.78 is 6.16. The summed E-state index contributed by atoms with van der Waals surface area (Å²) in [7, 11) is 0. The Balaban J connectivity index is 1.47. The summed E-state index contributed by atoms with van der Waals surface area (Å²) in [5.41, 5.74) is 3.24. The molecular formula is C22H25N5O2. The first-order valence-electron chi connectivity index (χ1n) is 9.83. The van der Waals surface area contributed by atoms with E-state index in [0.29, 0.717) is 31.8 Å². The van der Waals surface area contributed by atoms with Crippen LogP contribution in [0.3, 0.4) is 0 Å². The van der Waals surface area contributed by atoms with E-state index in [-0.39, 0.29) is 18.1 Å². The molecule has 7 nitrogen and oxygen atoms in total. The van der Waals surface area contributed by atoms with Crippen molar-refractivity contribution in [1.29, 1.82) is 0 Å². The fourth-order valence-electron chi connectivity index (χ4n) is 3.74. The number of nitrogens with one attached hydrogen (secondary N) is 1. The van der Waals surface area contributed by atoms with E-state index in [1.165, 1.54) is 5.56 Å². The molecule has 2 unspecified atom stereocenters. The zero-order chi connectivity index (χ0) is 20.2. The maximum Gasteiger partial charge on any atom is 0.227 e. The van der Waals surface area contributed by atoms with E-state index < -0.39 is 0 Å². The summed E-state index contributed by atoms with van der Waals surface area (Å²) in [5, 5.41) is 7.19. The van der Waals surface area contributed by atoms with Crippen LogP contribution >= 0.6 is 0 Å². The van der Waals surface area contributed by atoms with Crippen LogP contribution in [0.5, 0.6) is 0 Å². The molecule has 2 aromatic heterocycles. The first-order valence-corrected chi connectivity index (χ1v) is 9.83. The van der Waals surface area contributed by atoms with Gasteiger partial charge in [-0.05, 0) is 31.0 Å². The highest BCUT2D eigenvalue weighted by Gasteiger charge is 2.38. The van der Waals surface area contributed by atoms with Crippen LogP contribution in [-0.4, -0.2) is 43.6 Å². The van der Waals surface area contributed by atoms with Gasteiger partial charge in [-0.3, -0.25) is 14.9 Å². The van der Waals surface area contributed by atoms with Gasteiger partial charge in [0.05, 0.1) is 25.2 Å². The highest BCUT2D eigenvalue weighted by atomic mass is 16.5. The maximum atomic E-state index is 13.0. The van der Waals surface area contributed by atoms with Gasteiger partial charge in [-0.1, -0.05) is 35.9 Å². The third-order valence-corrected chi connectivity index (χ3v) is 5.14. The van der Waals surface area contributed by atoms with Crippen molar-refractivity contribution in [3.8, 4) is 0 Å². The van der Waals surface area contributed by atoms with Gasteiger partial charge < -0.3 is 9.64 Å². The Morgan fingerprint density at radius 1 is 1.24 bits per heavy atom. The van der Waals surface area contributed by atoms with Crippen molar-refractivity contribution in [3.63, 3.8) is 0 Å². The molecule has 1 aromatic carbocycles. The molecule has 1 fully saturated rings. The molecule has 4 rings (SSSR count). The fraction of sp³-hybridized carbons (Fsp3) is 0.364. The molecule has 29 heavy (non-hydrogen) atoms. The average molecular weight is 391 g/mol. The fourth-order valence-corrected chi connectivity index (χ4v) is 3.74. The number of benzene rings is 1. The quantitative estimate of drug-likeness (QED) is 0.698. The Labute approximate surface area is 170 Å². The zero-order valence-electron chi connectivity index (χ0n) is 16.7. The largest absolute Gasteiger partial charge is 0.372 e. The van der Waals surface area contributed by atoms with Gasteiger partial charge in [0.2, 0.25) is 5.91 Å². The summed E-state index contributed by atoms with van der Waals surface area (Å²) >= 11 is 0. The molecule has 1 N–H and O–H groups in total. The second-order valence-electron chi connectivity index (χ2n) is 7.54. The Bertz CT molecular complexity index is 972. The van der Waals surface area contributed by atoms with Crippen molar-refractivity contribution in [2.75, 3.05) is 6.54 Å². The number of aromatic amines is 1. The third-order valence-electron chi connectivity index (χ3n) is 5.14. The number of ether oxygens (including phenoxy) is 1. The van der Waals surface area contributed by atoms with E-state index in [4.69, 9.17) is 4.74 Å². The summed E-state index contributed by atoms with van der Waals surface area (Å²) in [4.78, 5) is 23.5. The smallest absolute Gasteiger partial charge is 0.227 e. The predicted molar refractivity (Wildman–Crippen MR) is 108 cm³/mol. The van der Waals surface area contributed by atoms with Gasteiger partial charge in [-0.2, -0.15) is 5.10 Å². The van der Waals surface area contributed by atoms with Crippen LogP contribution in [-0.2, 0) is 22.6 Å². The first-order chi connectivity index (χ1) is 14.1. The second kappa shape index (κ2) is 8.53. The van der Waals surface area contributed by atoms with Crippen LogP contribution < -0.4 is 0 Å². The lowest BCUT2D eigenvalue weighted by Crippen LogP contribution is -2.33. The van der Waals surface area contributed by atoms with E-state index in [9.17, 15) is 4.79 Å². The van der Waals surface area contributed by atoms with Gasteiger partial charge in [0, 0.05) is 25.4 Å². The molecule has 0 bridgehead atoms. The Morgan fingerprint density at radius 2 is 2.10 bits per heavy atom. The van der Waals surface area contributed by atoms with Gasteiger partial charge in [-0.25, -0.2) is 4.98 Å². The molecule has 1 aliphatic rings. The van der Waals surface area contributed by atoms with Crippen molar-refractivity contribution in [2.24, 2.45) is 0 Å². The lowest BCUT2D eigenvalue weighted by atomic mass is 10.1. The number of pyridine rings is 1. The minimum Gasteiger partial charge on any atom is -0.372 e. The molecule has 0 aliphatic carbocycles. The Hall–Kier alpha value is -3.06. The maximum absolute atomic E-state index is 13.0. The highest BCUT2D eigenvalue weighted by Crippen LogP contribution is 2.32. The van der Waals surface area contributed by atoms with E-state index in [1.54, 1.807) is 12.4 Å². The number of aryl methyl sites for hydroxylation is 2. The Kier molecular flexibility index (Phi) is 5.67. The van der Waals surface area contributed by atoms with Crippen LogP contribution in [0.2, 0.25) is 0 Å². The van der Waals surface area contributed by atoms with Gasteiger partial charge in [0.15, 0.2) is 5.82 Å². The van der Waals surface area contributed by atoms with Crippen molar-refractivity contribution in [3.05, 3.63) is 77.1 Å². The number of aromatic nitrogens is 4. The van der Waals surface area contributed by atoms with Crippen LogP contribution in [0, 0.1) is 13.8 Å². The Morgan fingerprint density at radius 3 is 2.83 bits per heavy atom. The number of carbonyl (C=O) groups excluding carboxylic acids is 1. The van der Waals surface area contributed by atoms with Gasteiger partial charge in [0.25, 0.3) is 0 Å². The lowest BCUT2D eigenvalue weighted by molar-refractivity contribution is -0.132. The summed E-state index contributed by atoms with van der Waals surface area (Å²) in [6.07, 6.45) is 4.36. The summed E-state index contributed by atoms with van der Waals surface area (Å²) in [6, 6.07) is 11.9. The van der Waals surface area contributed by atoms with Crippen LogP contribution in [0.1, 0.15) is 40.8 Å². The normalized spacial score (nSPS) is 18.9. The molecule has 3 aromatic rings. The van der Waals surface area contributed by atoms with Gasteiger partial charge in [0.1, 0.15) is 5.82 Å². The SMILES string of the molecule is Cc1cccc(COC2CC(c3n[nH]c(C)n3)N(C(=O)Cc3cccnc3)C2)c1. The number of nitrogens with zero attached hydrogens (tertiary/aromatic N) is 4. The molecule has 150 valence electrons. The van der Waals surface area contributed by atoms with Crippen LogP contribution in [0.4, 0.5) is 0 Å². The molecule has 1 aliphatic heterocycles. The van der Waals surface area contributed by atoms with Crippen molar-refractivity contribution in [2.45, 2.75) is 45.4 Å². The van der Waals surface area contributed by atoms with E-state index in [2.05, 4.69) is 45.3 Å². The molecule has 1 amide bonds. The monoisotopic (exact) mass is 391 g/mol. The standard InChI is InChI=1S/C22H25N5O2/c1-15-5-3-6-18(9-15)14-29-19-11-20(22-24-16(2)25-26-22)27(13-19)21(28)10-17-7-4-8-23-12-17/h3-9,12,19-20H,10-11,13-14H2,1-2H3,(H,24,25,26). The lowest BCUT2D eigenvalue weighted by Gasteiger charge is -2.22. The molecule has 0 radical (unpaired) electrons. The molecular weight excluding hydrogens is 366 g/mol. The third kappa shape index (κ3) is 4.68. The van der Waals surface area contributed by atoms with Crippen LogP contribution in [0.15, 0.2) is 48.8 Å². The van der Waals surface area contributed by atoms with E-state index >= 15 is 0 Å². The zero-order valence-corrected chi connectivity index (χ0v) is 16.7. The number of H-pyrrole nitrogens is 1. The number of hydrogen-bond acceptors (Lipinski definition) is 5. The minimum absolute atomic E-state index is 0.0344. The van der Waals surface area contributed by atoms with Crippen molar-refractivity contribution in [1.82, 2.24) is 25.1 Å². The first kappa shape index (κ1) is 19.3. The molecule has 2 atom stereocenters. The minimum atomic E-state index is -0.188. The summed E-state index contributed by atoms with van der Waals surface area (Å²) in [5.74, 6) is 1.42. The highest BCUT2D eigenvalue weighted by molar-refractivity contribution is 5.79. The molecule has 3 heterocycles. The van der Waals surface area contributed by atoms with Crippen LogP contribution in [0.25, 0.3) is 0 Å². The number of rotatable bonds is 6. The molecule has 0 spiro atoms. The number of amides is 1. The van der Waals surface area contributed by atoms with Crippen molar-refractivity contribution < 1.29 is 9.53 Å². The number of hydrogen-bond donors (Lipinski definition) is 1.